The van der Waals surface area contributed by atoms with E-state index >= 15 is 0 Å². The predicted octanol–water partition coefficient (Wildman–Crippen LogP) is 12.2. The first-order valence-corrected chi connectivity index (χ1v) is 18.2. The number of aromatic nitrogens is 5. The number of hydrogen-bond acceptors (Lipinski definition) is 3. The first-order valence-electron chi connectivity index (χ1n) is 18.2. The van der Waals surface area contributed by atoms with E-state index in [0.29, 0.717) is 17.5 Å². The van der Waals surface area contributed by atoms with E-state index in [2.05, 4.69) is 197 Å². The summed E-state index contributed by atoms with van der Waals surface area (Å²) < 4.78 is 4.66. The van der Waals surface area contributed by atoms with Crippen LogP contribution in [0.1, 0.15) is 0 Å². The first-order chi connectivity index (χ1) is 26.8. The average Bonchev–Trinajstić information content (AvgIpc) is 3.77. The molecule has 11 rings (SSSR count). The second-order valence-electron chi connectivity index (χ2n) is 13.7. The third-order valence-electron chi connectivity index (χ3n) is 10.5. The fourth-order valence-corrected chi connectivity index (χ4v) is 8.06. The summed E-state index contributed by atoms with van der Waals surface area (Å²) in [5, 5.41) is 7.21. The van der Waals surface area contributed by atoms with Gasteiger partial charge >= 0.3 is 0 Å². The van der Waals surface area contributed by atoms with Crippen LogP contribution in [0, 0.1) is 0 Å². The van der Waals surface area contributed by atoms with Crippen LogP contribution in [0.2, 0.25) is 0 Å². The molecule has 0 unspecified atom stereocenters. The van der Waals surface area contributed by atoms with Crippen LogP contribution in [0.4, 0.5) is 0 Å². The van der Waals surface area contributed by atoms with Crippen molar-refractivity contribution in [3.8, 4) is 45.5 Å². The monoisotopic (exact) mass is 689 g/mol. The van der Waals surface area contributed by atoms with Crippen LogP contribution in [0.25, 0.3) is 99.9 Å². The quantitative estimate of drug-likeness (QED) is 0.181. The van der Waals surface area contributed by atoms with Crippen LogP contribution in [0.5, 0.6) is 0 Å². The number of nitrogens with zero attached hydrogens (tertiary/aromatic N) is 5. The van der Waals surface area contributed by atoms with E-state index in [1.165, 1.54) is 26.9 Å². The van der Waals surface area contributed by atoms with Gasteiger partial charge in [0, 0.05) is 49.6 Å². The number of hydrogen-bond donors (Lipinski definition) is 0. The number of benzene rings is 8. The van der Waals surface area contributed by atoms with Gasteiger partial charge < -0.3 is 9.13 Å². The average molecular weight is 690 g/mol. The summed E-state index contributed by atoms with van der Waals surface area (Å²) in [7, 11) is 0. The van der Waals surface area contributed by atoms with Gasteiger partial charge in [0.05, 0.1) is 22.1 Å². The molecule has 0 saturated heterocycles. The maximum Gasteiger partial charge on any atom is 0.164 e. The molecule has 0 saturated carbocycles. The second-order valence-corrected chi connectivity index (χ2v) is 13.7. The molecule has 5 heteroatoms. The SMILES string of the molecule is c1cc(-c2nc(-c3cccc(-n4c5ccccc5c5ccccc54)c3)nc(-c3ccc4ccccc4c3)n2)cc(-n2c3ccccc3c3ccccc32)c1. The van der Waals surface area contributed by atoms with Crippen LogP contribution in [0.3, 0.4) is 0 Å². The Morgan fingerprint density at radius 3 is 1.09 bits per heavy atom. The van der Waals surface area contributed by atoms with Gasteiger partial charge in [0.2, 0.25) is 0 Å². The lowest BCUT2D eigenvalue weighted by molar-refractivity contribution is 1.07. The molecular weight excluding hydrogens is 659 g/mol. The van der Waals surface area contributed by atoms with Crippen molar-refractivity contribution in [2.45, 2.75) is 0 Å². The summed E-state index contributed by atoms with van der Waals surface area (Å²) in [6, 6.07) is 66.2. The van der Waals surface area contributed by atoms with Crippen LogP contribution >= 0.6 is 0 Å². The largest absolute Gasteiger partial charge is 0.309 e. The molecule has 11 aromatic rings. The van der Waals surface area contributed by atoms with Crippen molar-refractivity contribution in [3.05, 3.63) is 188 Å². The Morgan fingerprint density at radius 1 is 0.278 bits per heavy atom. The Balaban J connectivity index is 1.11. The van der Waals surface area contributed by atoms with Crippen LogP contribution < -0.4 is 0 Å². The van der Waals surface area contributed by atoms with E-state index in [1.807, 2.05) is 0 Å². The zero-order valence-electron chi connectivity index (χ0n) is 29.1. The van der Waals surface area contributed by atoms with Gasteiger partial charge in [-0.3, -0.25) is 0 Å². The highest BCUT2D eigenvalue weighted by atomic mass is 15.0. The maximum atomic E-state index is 5.22. The van der Waals surface area contributed by atoms with Gasteiger partial charge in [0.15, 0.2) is 17.5 Å². The molecule has 3 heterocycles. The van der Waals surface area contributed by atoms with E-state index in [0.717, 1.165) is 55.5 Å². The molecule has 0 fully saturated rings. The summed E-state index contributed by atoms with van der Waals surface area (Å²) in [6.45, 7) is 0. The van der Waals surface area contributed by atoms with Crippen LogP contribution in [-0.4, -0.2) is 24.1 Å². The van der Waals surface area contributed by atoms with Gasteiger partial charge in [-0.1, -0.05) is 133 Å². The minimum absolute atomic E-state index is 0.619. The Morgan fingerprint density at radius 2 is 0.648 bits per heavy atom. The summed E-state index contributed by atoms with van der Waals surface area (Å²) in [5.41, 5.74) is 9.50. The molecule has 0 aliphatic heterocycles. The molecule has 0 amide bonds. The van der Waals surface area contributed by atoms with E-state index < -0.39 is 0 Å². The first kappa shape index (κ1) is 30.3. The van der Waals surface area contributed by atoms with Gasteiger partial charge in [0.25, 0.3) is 0 Å². The van der Waals surface area contributed by atoms with Crippen molar-refractivity contribution in [1.82, 2.24) is 24.1 Å². The fourth-order valence-electron chi connectivity index (χ4n) is 8.06. The molecule has 0 atom stereocenters. The Bertz CT molecular complexity index is 2960. The molecule has 0 radical (unpaired) electrons. The summed E-state index contributed by atoms with van der Waals surface area (Å²) >= 11 is 0. The molecule has 54 heavy (non-hydrogen) atoms. The van der Waals surface area contributed by atoms with E-state index in [9.17, 15) is 0 Å². The lowest BCUT2D eigenvalue weighted by Gasteiger charge is -2.13. The minimum atomic E-state index is 0.619. The molecule has 8 aromatic carbocycles. The van der Waals surface area contributed by atoms with Crippen LogP contribution in [-0.2, 0) is 0 Å². The number of fused-ring (bicyclic) bond motifs is 7. The molecule has 252 valence electrons. The van der Waals surface area contributed by atoms with Crippen molar-refractivity contribution in [2.24, 2.45) is 0 Å². The van der Waals surface area contributed by atoms with Gasteiger partial charge in [0.1, 0.15) is 0 Å². The Kier molecular flexibility index (Phi) is 6.79. The lowest BCUT2D eigenvalue weighted by atomic mass is 10.1. The van der Waals surface area contributed by atoms with Crippen molar-refractivity contribution in [2.75, 3.05) is 0 Å². The zero-order chi connectivity index (χ0) is 35.6. The molecule has 0 N–H and O–H groups in total. The molecule has 0 aliphatic carbocycles. The van der Waals surface area contributed by atoms with Crippen LogP contribution in [0.15, 0.2) is 188 Å². The predicted molar refractivity (Wildman–Crippen MR) is 222 cm³/mol. The molecule has 0 spiro atoms. The summed E-state index contributed by atoms with van der Waals surface area (Å²) in [6.07, 6.45) is 0. The normalized spacial score (nSPS) is 11.7. The van der Waals surface area contributed by atoms with E-state index in [-0.39, 0.29) is 0 Å². The summed E-state index contributed by atoms with van der Waals surface area (Å²) in [4.78, 5) is 15.6. The van der Waals surface area contributed by atoms with Crippen molar-refractivity contribution >= 4 is 54.4 Å². The van der Waals surface area contributed by atoms with Gasteiger partial charge in [-0.05, 0) is 65.4 Å². The van der Waals surface area contributed by atoms with Crippen molar-refractivity contribution < 1.29 is 0 Å². The topological polar surface area (TPSA) is 48.5 Å². The highest BCUT2D eigenvalue weighted by Gasteiger charge is 2.17. The maximum absolute atomic E-state index is 5.22. The van der Waals surface area contributed by atoms with Gasteiger partial charge in [-0.15, -0.1) is 0 Å². The highest BCUT2D eigenvalue weighted by molar-refractivity contribution is 6.10. The number of rotatable bonds is 5. The second kappa shape index (κ2) is 12.1. The fraction of sp³-hybridized carbons (Fsp3) is 0. The van der Waals surface area contributed by atoms with E-state index in [1.54, 1.807) is 0 Å². The molecule has 5 nitrogen and oxygen atoms in total. The Hall–Kier alpha value is -7.37. The summed E-state index contributed by atoms with van der Waals surface area (Å²) in [5.74, 6) is 1.87. The minimum Gasteiger partial charge on any atom is -0.309 e. The van der Waals surface area contributed by atoms with Crippen molar-refractivity contribution in [1.29, 1.82) is 0 Å². The molecular formula is C49H31N5. The highest BCUT2D eigenvalue weighted by Crippen LogP contribution is 2.35. The molecule has 0 aliphatic rings. The van der Waals surface area contributed by atoms with Gasteiger partial charge in [-0.25, -0.2) is 15.0 Å². The molecule has 0 bridgehead atoms. The lowest BCUT2D eigenvalue weighted by Crippen LogP contribution is -2.02. The third-order valence-corrected chi connectivity index (χ3v) is 10.5. The smallest absolute Gasteiger partial charge is 0.164 e. The molecule has 3 aromatic heterocycles. The van der Waals surface area contributed by atoms with Crippen molar-refractivity contribution in [3.63, 3.8) is 0 Å². The zero-order valence-corrected chi connectivity index (χ0v) is 29.1. The van der Waals surface area contributed by atoms with Gasteiger partial charge in [-0.2, -0.15) is 0 Å². The third kappa shape index (κ3) is 4.83. The number of para-hydroxylation sites is 4. The standard InChI is InChI=1S/C49H31N5/c1-2-14-33-29-36(28-27-32(33)13-1)49-51-47(34-15-11-17-37(30-34)53-43-23-7-3-19-39(43)40-20-4-8-24-44(40)53)50-48(52-49)35-16-12-18-38(31-35)54-45-25-9-5-21-41(45)42-22-6-10-26-46(42)54/h1-31H. The van der Waals surface area contributed by atoms with E-state index in [4.69, 9.17) is 15.0 Å². The Labute approximate surface area is 311 Å².